The van der Waals surface area contributed by atoms with Crippen LogP contribution in [0, 0.1) is 11.9 Å². The number of ether oxygens (including phenoxy) is 2. The Bertz CT molecular complexity index is 961. The highest BCUT2D eigenvalue weighted by Crippen LogP contribution is 2.33. The second-order valence-corrected chi connectivity index (χ2v) is 7.19. The molecule has 7 heteroatoms. The van der Waals surface area contributed by atoms with E-state index in [1.165, 1.54) is 12.1 Å². The zero-order chi connectivity index (χ0) is 20.2. The maximum Gasteiger partial charge on any atom is 0.163 e. The van der Waals surface area contributed by atoms with Crippen LogP contribution < -0.4 is 14.8 Å². The summed E-state index contributed by atoms with van der Waals surface area (Å²) < 4.78 is 25.5. The number of aromatic amines is 1. The van der Waals surface area contributed by atoms with Crippen molar-refractivity contribution >= 4 is 10.9 Å². The molecule has 6 nitrogen and oxygen atoms in total. The van der Waals surface area contributed by atoms with Crippen molar-refractivity contribution in [3.05, 3.63) is 54.0 Å². The molecule has 1 saturated heterocycles. The van der Waals surface area contributed by atoms with Gasteiger partial charge in [-0.25, -0.2) is 4.39 Å². The second-order valence-electron chi connectivity index (χ2n) is 7.19. The van der Waals surface area contributed by atoms with E-state index in [9.17, 15) is 4.39 Å². The highest BCUT2D eigenvalue weighted by Gasteiger charge is 2.33. The molecule has 0 bridgehead atoms. The molecule has 2 unspecified atom stereocenters. The summed E-state index contributed by atoms with van der Waals surface area (Å²) in [6.07, 6.45) is 1.72. The minimum absolute atomic E-state index is 0.0146. The highest BCUT2D eigenvalue weighted by molar-refractivity contribution is 5.81. The number of hydrogen-bond donors (Lipinski definition) is 2. The zero-order valence-electron chi connectivity index (χ0n) is 16.7. The molecule has 2 aromatic carbocycles. The molecular weight excluding hydrogens is 371 g/mol. The van der Waals surface area contributed by atoms with Crippen molar-refractivity contribution in [2.45, 2.75) is 32.0 Å². The van der Waals surface area contributed by atoms with Gasteiger partial charge >= 0.3 is 0 Å². The van der Waals surface area contributed by atoms with E-state index in [1.807, 2.05) is 12.1 Å². The number of rotatable bonds is 7. The third-order valence-corrected chi connectivity index (χ3v) is 5.33. The van der Waals surface area contributed by atoms with Gasteiger partial charge in [0.05, 0.1) is 24.4 Å². The van der Waals surface area contributed by atoms with Crippen LogP contribution in [-0.2, 0) is 0 Å². The smallest absolute Gasteiger partial charge is 0.163 e. The SMILES string of the molecule is CCCC(Oc1cc[c]cc1OC)N1CCNCC1c1n[nH]c2cc(F)ccc12. The fourth-order valence-electron chi connectivity index (χ4n) is 3.93. The van der Waals surface area contributed by atoms with Gasteiger partial charge in [-0.2, -0.15) is 5.10 Å². The van der Waals surface area contributed by atoms with Gasteiger partial charge in [0.1, 0.15) is 5.82 Å². The molecule has 1 aliphatic rings. The van der Waals surface area contributed by atoms with Crippen LogP contribution >= 0.6 is 0 Å². The second kappa shape index (κ2) is 8.80. The third-order valence-electron chi connectivity index (χ3n) is 5.33. The van der Waals surface area contributed by atoms with E-state index in [0.29, 0.717) is 17.0 Å². The first-order valence-corrected chi connectivity index (χ1v) is 10.0. The number of hydrogen-bond acceptors (Lipinski definition) is 5. The lowest BCUT2D eigenvalue weighted by Gasteiger charge is -2.40. The lowest BCUT2D eigenvalue weighted by atomic mass is 10.0. The summed E-state index contributed by atoms with van der Waals surface area (Å²) in [5, 5.41) is 11.9. The minimum Gasteiger partial charge on any atom is -0.493 e. The molecule has 0 spiro atoms. The van der Waals surface area contributed by atoms with E-state index in [4.69, 9.17) is 9.47 Å². The van der Waals surface area contributed by atoms with Crippen molar-refractivity contribution in [2.24, 2.45) is 0 Å². The van der Waals surface area contributed by atoms with Crippen LogP contribution in [0.3, 0.4) is 0 Å². The van der Waals surface area contributed by atoms with Gasteiger partial charge in [-0.3, -0.25) is 10.00 Å². The minimum atomic E-state index is -0.272. The van der Waals surface area contributed by atoms with Crippen molar-refractivity contribution in [1.82, 2.24) is 20.4 Å². The number of aromatic nitrogens is 2. The van der Waals surface area contributed by atoms with Crippen LogP contribution in [0.15, 0.2) is 36.4 Å². The summed E-state index contributed by atoms with van der Waals surface area (Å²) in [5.41, 5.74) is 1.61. The molecule has 153 valence electrons. The topological polar surface area (TPSA) is 62.4 Å². The standard InChI is InChI=1S/C22H26FN4O2/c1-3-6-21(29-20-8-5-4-7-19(20)28-2)27-12-11-24-14-18(27)22-16-10-9-15(23)13-17(16)25-26-22/h5,7-10,13,18,21,24H,3,6,11-12,14H2,1-2H3,(H,25,26). The molecule has 1 aromatic heterocycles. The molecule has 2 N–H and O–H groups in total. The van der Waals surface area contributed by atoms with Gasteiger partial charge in [0.15, 0.2) is 17.7 Å². The van der Waals surface area contributed by atoms with E-state index in [2.05, 4.69) is 33.4 Å². The van der Waals surface area contributed by atoms with Gasteiger partial charge in [0.25, 0.3) is 0 Å². The molecule has 4 rings (SSSR count). The van der Waals surface area contributed by atoms with E-state index in [0.717, 1.165) is 43.6 Å². The highest BCUT2D eigenvalue weighted by atomic mass is 19.1. The molecule has 2 heterocycles. The number of fused-ring (bicyclic) bond motifs is 1. The van der Waals surface area contributed by atoms with Crippen LogP contribution in [0.5, 0.6) is 11.5 Å². The molecule has 2 atom stereocenters. The van der Waals surface area contributed by atoms with Crippen molar-refractivity contribution < 1.29 is 13.9 Å². The summed E-state index contributed by atoms with van der Waals surface area (Å²) in [7, 11) is 1.63. The summed E-state index contributed by atoms with van der Waals surface area (Å²) in [4.78, 5) is 2.34. The number of benzene rings is 2. The Labute approximate surface area is 170 Å². The number of nitrogens with zero attached hydrogens (tertiary/aromatic N) is 2. The molecule has 3 aromatic rings. The fourth-order valence-corrected chi connectivity index (χ4v) is 3.93. The Hall–Kier alpha value is -2.64. The van der Waals surface area contributed by atoms with Crippen LogP contribution in [0.2, 0.25) is 0 Å². The van der Waals surface area contributed by atoms with Crippen molar-refractivity contribution in [2.75, 3.05) is 26.7 Å². The van der Waals surface area contributed by atoms with Gasteiger partial charge < -0.3 is 14.8 Å². The molecule has 0 saturated carbocycles. The van der Waals surface area contributed by atoms with E-state index >= 15 is 0 Å². The molecule has 0 amide bonds. The van der Waals surface area contributed by atoms with Crippen LogP contribution in [0.4, 0.5) is 4.39 Å². The summed E-state index contributed by atoms with van der Waals surface area (Å²) in [5.74, 6) is 1.10. The maximum atomic E-state index is 13.6. The van der Waals surface area contributed by atoms with Crippen LogP contribution in [0.25, 0.3) is 10.9 Å². The molecule has 1 fully saturated rings. The van der Waals surface area contributed by atoms with E-state index in [-0.39, 0.29) is 18.1 Å². The largest absolute Gasteiger partial charge is 0.493 e. The van der Waals surface area contributed by atoms with Crippen LogP contribution in [0.1, 0.15) is 31.5 Å². The maximum absolute atomic E-state index is 13.6. The lowest BCUT2D eigenvalue weighted by Crippen LogP contribution is -2.52. The first-order chi connectivity index (χ1) is 14.2. The number of nitrogens with one attached hydrogen (secondary N) is 2. The predicted octanol–water partition coefficient (Wildman–Crippen LogP) is 3.66. The molecule has 0 aliphatic carbocycles. The van der Waals surface area contributed by atoms with Gasteiger partial charge in [-0.05, 0) is 42.8 Å². The van der Waals surface area contributed by atoms with Crippen molar-refractivity contribution in [1.29, 1.82) is 0 Å². The molecular formula is C22H26FN4O2. The predicted molar refractivity (Wildman–Crippen MR) is 110 cm³/mol. The van der Waals surface area contributed by atoms with E-state index < -0.39 is 0 Å². The average molecular weight is 397 g/mol. The van der Waals surface area contributed by atoms with Crippen LogP contribution in [-0.4, -0.2) is 48.1 Å². The Morgan fingerprint density at radius 3 is 3.07 bits per heavy atom. The zero-order valence-corrected chi connectivity index (χ0v) is 16.7. The van der Waals surface area contributed by atoms with Gasteiger partial charge in [0, 0.05) is 25.0 Å². The summed E-state index contributed by atoms with van der Waals surface area (Å²) in [6, 6.07) is 13.3. The summed E-state index contributed by atoms with van der Waals surface area (Å²) >= 11 is 0. The fraction of sp³-hybridized carbons (Fsp3) is 0.409. The molecule has 1 radical (unpaired) electrons. The number of methoxy groups -OCH3 is 1. The lowest BCUT2D eigenvalue weighted by molar-refractivity contribution is -0.0254. The Balaban J connectivity index is 1.66. The Morgan fingerprint density at radius 1 is 1.34 bits per heavy atom. The van der Waals surface area contributed by atoms with Crippen molar-refractivity contribution in [3.8, 4) is 11.5 Å². The number of piperazine rings is 1. The van der Waals surface area contributed by atoms with E-state index in [1.54, 1.807) is 19.2 Å². The van der Waals surface area contributed by atoms with Gasteiger partial charge in [0.2, 0.25) is 0 Å². The summed E-state index contributed by atoms with van der Waals surface area (Å²) in [6.45, 7) is 4.60. The third kappa shape index (κ3) is 4.06. The Kier molecular flexibility index (Phi) is 5.97. The first kappa shape index (κ1) is 19.7. The van der Waals surface area contributed by atoms with Gasteiger partial charge in [-0.15, -0.1) is 0 Å². The van der Waals surface area contributed by atoms with Crippen molar-refractivity contribution in [3.63, 3.8) is 0 Å². The quantitative estimate of drug-likeness (QED) is 0.637. The monoisotopic (exact) mass is 397 g/mol. The number of halogens is 1. The normalized spacial score (nSPS) is 18.7. The average Bonchev–Trinajstić information content (AvgIpc) is 3.16. The molecule has 29 heavy (non-hydrogen) atoms. The number of H-pyrrole nitrogens is 1. The molecule has 1 aliphatic heterocycles. The Morgan fingerprint density at radius 2 is 2.24 bits per heavy atom. The van der Waals surface area contributed by atoms with Gasteiger partial charge in [-0.1, -0.05) is 19.4 Å². The first-order valence-electron chi connectivity index (χ1n) is 10.0.